The molecule has 2 heterocycles. The number of anilines is 1. The number of benzene rings is 2. The van der Waals surface area contributed by atoms with E-state index in [-0.39, 0.29) is 5.91 Å². The molecule has 1 aromatic heterocycles. The molecule has 154 valence electrons. The molecule has 0 unspecified atom stereocenters. The van der Waals surface area contributed by atoms with Gasteiger partial charge in [-0.1, -0.05) is 48.5 Å². The number of methoxy groups -OCH3 is 1. The molecule has 1 fully saturated rings. The summed E-state index contributed by atoms with van der Waals surface area (Å²) in [5.74, 6) is 1.29. The minimum absolute atomic E-state index is 0.102. The van der Waals surface area contributed by atoms with E-state index in [1.54, 1.807) is 19.4 Å². The zero-order valence-corrected chi connectivity index (χ0v) is 17.2. The molecule has 0 atom stereocenters. The lowest BCUT2D eigenvalue weighted by molar-refractivity contribution is 0.0745. The van der Waals surface area contributed by atoms with Crippen LogP contribution in [0.15, 0.2) is 66.9 Å². The second-order valence-electron chi connectivity index (χ2n) is 7.32. The van der Waals surface area contributed by atoms with Crippen LogP contribution in [0.2, 0.25) is 0 Å². The molecule has 2 aromatic carbocycles. The molecule has 1 aliphatic rings. The zero-order valence-electron chi connectivity index (χ0n) is 17.2. The third kappa shape index (κ3) is 4.59. The summed E-state index contributed by atoms with van der Waals surface area (Å²) >= 11 is 0. The average molecular weight is 402 g/mol. The fourth-order valence-electron chi connectivity index (χ4n) is 3.75. The first-order valence-corrected chi connectivity index (χ1v) is 10.3. The molecule has 0 N–H and O–H groups in total. The quantitative estimate of drug-likeness (QED) is 0.634. The van der Waals surface area contributed by atoms with Crippen molar-refractivity contribution in [1.82, 2.24) is 14.9 Å². The third-order valence-corrected chi connectivity index (χ3v) is 5.45. The molecule has 3 aromatic rings. The van der Waals surface area contributed by atoms with Crippen LogP contribution in [0.1, 0.15) is 21.5 Å². The van der Waals surface area contributed by atoms with E-state index in [0.717, 1.165) is 24.0 Å². The Hall–Kier alpha value is -3.41. The minimum atomic E-state index is 0.102. The van der Waals surface area contributed by atoms with Gasteiger partial charge in [0.15, 0.2) is 0 Å². The fraction of sp³-hybridized carbons (Fsp3) is 0.292. The number of carbonyl (C=O) groups excluding carboxylic acids is 1. The first-order chi connectivity index (χ1) is 14.7. The highest BCUT2D eigenvalue weighted by Gasteiger charge is 2.25. The number of rotatable bonds is 6. The van der Waals surface area contributed by atoms with Gasteiger partial charge in [0.05, 0.1) is 7.11 Å². The molecule has 6 nitrogen and oxygen atoms in total. The molecule has 1 saturated heterocycles. The van der Waals surface area contributed by atoms with Crippen LogP contribution < -0.4 is 9.64 Å². The van der Waals surface area contributed by atoms with Crippen molar-refractivity contribution in [3.8, 4) is 5.88 Å². The van der Waals surface area contributed by atoms with Crippen molar-refractivity contribution in [1.29, 1.82) is 0 Å². The molecule has 6 heteroatoms. The van der Waals surface area contributed by atoms with Gasteiger partial charge in [-0.15, -0.1) is 0 Å². The van der Waals surface area contributed by atoms with Crippen LogP contribution in [0.25, 0.3) is 0 Å². The molecule has 1 amide bonds. The number of amides is 1. The van der Waals surface area contributed by atoms with Crippen LogP contribution in [0.3, 0.4) is 0 Å². The maximum absolute atomic E-state index is 13.2. The highest BCUT2D eigenvalue weighted by molar-refractivity contribution is 5.95. The maximum Gasteiger partial charge on any atom is 0.254 e. The minimum Gasteiger partial charge on any atom is -0.481 e. The van der Waals surface area contributed by atoms with Gasteiger partial charge in [-0.05, 0) is 30.0 Å². The highest BCUT2D eigenvalue weighted by atomic mass is 16.5. The number of piperazine rings is 1. The van der Waals surface area contributed by atoms with Gasteiger partial charge in [0.25, 0.3) is 5.91 Å². The molecule has 0 bridgehead atoms. The summed E-state index contributed by atoms with van der Waals surface area (Å²) in [5, 5.41) is 0. The Balaban J connectivity index is 1.40. The fourth-order valence-corrected chi connectivity index (χ4v) is 3.75. The van der Waals surface area contributed by atoms with Crippen LogP contribution in [0, 0.1) is 0 Å². The van der Waals surface area contributed by atoms with Gasteiger partial charge in [-0.2, -0.15) is 4.98 Å². The third-order valence-electron chi connectivity index (χ3n) is 5.45. The van der Waals surface area contributed by atoms with Crippen LogP contribution in [0.4, 0.5) is 5.95 Å². The van der Waals surface area contributed by atoms with Crippen LogP contribution in [-0.2, 0) is 12.8 Å². The Morgan fingerprint density at radius 1 is 0.933 bits per heavy atom. The summed E-state index contributed by atoms with van der Waals surface area (Å²) in [6.07, 6.45) is 3.47. The number of hydrogen-bond acceptors (Lipinski definition) is 5. The number of nitrogens with zero attached hydrogens (tertiary/aromatic N) is 4. The van der Waals surface area contributed by atoms with Crippen LogP contribution in [0.5, 0.6) is 5.88 Å². The van der Waals surface area contributed by atoms with Gasteiger partial charge in [-0.25, -0.2) is 4.98 Å². The predicted molar refractivity (Wildman–Crippen MR) is 117 cm³/mol. The van der Waals surface area contributed by atoms with E-state index in [2.05, 4.69) is 45.2 Å². The lowest BCUT2D eigenvalue weighted by atomic mass is 9.99. The molecule has 30 heavy (non-hydrogen) atoms. The van der Waals surface area contributed by atoms with Crippen molar-refractivity contribution < 1.29 is 9.53 Å². The largest absolute Gasteiger partial charge is 0.481 e. The molecule has 0 spiro atoms. The summed E-state index contributed by atoms with van der Waals surface area (Å²) in [6.45, 7) is 2.69. The van der Waals surface area contributed by atoms with Gasteiger partial charge < -0.3 is 14.5 Å². The summed E-state index contributed by atoms with van der Waals surface area (Å²) in [5.41, 5.74) is 3.19. The Kier molecular flexibility index (Phi) is 6.23. The maximum atomic E-state index is 13.2. The number of hydrogen-bond donors (Lipinski definition) is 0. The molecule has 4 rings (SSSR count). The first kappa shape index (κ1) is 19.9. The van der Waals surface area contributed by atoms with E-state index < -0.39 is 0 Å². The van der Waals surface area contributed by atoms with E-state index in [1.165, 1.54) is 5.56 Å². The van der Waals surface area contributed by atoms with E-state index in [4.69, 9.17) is 4.74 Å². The number of ether oxygens (including phenoxy) is 1. The summed E-state index contributed by atoms with van der Waals surface area (Å²) in [7, 11) is 1.60. The second-order valence-corrected chi connectivity index (χ2v) is 7.32. The molecular weight excluding hydrogens is 376 g/mol. The van der Waals surface area contributed by atoms with Gasteiger partial charge in [0.2, 0.25) is 11.8 Å². The SMILES string of the molecule is COc1ccnc(N2CCN(C(=O)c3ccccc3CCc3ccccc3)CC2)n1. The molecular formula is C24H26N4O2. The van der Waals surface area contributed by atoms with Crippen molar-refractivity contribution in [3.63, 3.8) is 0 Å². The molecule has 0 saturated carbocycles. The van der Waals surface area contributed by atoms with E-state index in [0.29, 0.717) is 38.0 Å². The van der Waals surface area contributed by atoms with E-state index in [9.17, 15) is 4.79 Å². The second kappa shape index (κ2) is 9.39. The summed E-state index contributed by atoms with van der Waals surface area (Å²) < 4.78 is 5.19. The van der Waals surface area contributed by atoms with Gasteiger partial charge in [-0.3, -0.25) is 4.79 Å². The lowest BCUT2D eigenvalue weighted by Gasteiger charge is -2.35. The standard InChI is InChI=1S/C24H26N4O2/c1-30-22-13-14-25-24(26-22)28-17-15-27(16-18-28)23(29)21-10-6-5-9-20(21)12-11-19-7-3-2-4-8-19/h2-10,13-14H,11-12,15-18H2,1H3. The van der Waals surface area contributed by atoms with Crippen LogP contribution >= 0.6 is 0 Å². The Labute approximate surface area is 177 Å². The molecule has 1 aliphatic heterocycles. The molecule has 0 radical (unpaired) electrons. The number of aromatic nitrogens is 2. The smallest absolute Gasteiger partial charge is 0.254 e. The lowest BCUT2D eigenvalue weighted by Crippen LogP contribution is -2.49. The summed E-state index contributed by atoms with van der Waals surface area (Å²) in [6, 6.07) is 20.1. The van der Waals surface area contributed by atoms with Crippen molar-refractivity contribution in [2.24, 2.45) is 0 Å². The normalized spacial score (nSPS) is 13.9. The van der Waals surface area contributed by atoms with Crippen LogP contribution in [-0.4, -0.2) is 54.1 Å². The topological polar surface area (TPSA) is 58.6 Å². The van der Waals surface area contributed by atoms with Crippen molar-refractivity contribution in [2.75, 3.05) is 38.2 Å². The first-order valence-electron chi connectivity index (χ1n) is 10.3. The number of aryl methyl sites for hydroxylation is 2. The van der Waals surface area contributed by atoms with Gasteiger partial charge in [0.1, 0.15) is 0 Å². The predicted octanol–water partition coefficient (Wildman–Crippen LogP) is 3.23. The average Bonchev–Trinajstić information content (AvgIpc) is 2.83. The van der Waals surface area contributed by atoms with E-state index in [1.807, 2.05) is 29.2 Å². The van der Waals surface area contributed by atoms with E-state index >= 15 is 0 Å². The van der Waals surface area contributed by atoms with Gasteiger partial charge in [0, 0.05) is 44.0 Å². The van der Waals surface area contributed by atoms with Crippen molar-refractivity contribution in [2.45, 2.75) is 12.8 Å². The Morgan fingerprint density at radius 3 is 2.43 bits per heavy atom. The Morgan fingerprint density at radius 2 is 1.67 bits per heavy atom. The number of carbonyl (C=O) groups is 1. The summed E-state index contributed by atoms with van der Waals surface area (Å²) in [4.78, 5) is 26.0. The van der Waals surface area contributed by atoms with Crippen molar-refractivity contribution in [3.05, 3.63) is 83.6 Å². The molecule has 0 aliphatic carbocycles. The zero-order chi connectivity index (χ0) is 20.8. The van der Waals surface area contributed by atoms with Gasteiger partial charge >= 0.3 is 0 Å². The monoisotopic (exact) mass is 402 g/mol. The Bertz CT molecular complexity index is 985. The highest BCUT2D eigenvalue weighted by Crippen LogP contribution is 2.18. The van der Waals surface area contributed by atoms with Crippen molar-refractivity contribution >= 4 is 11.9 Å².